The molecule has 0 saturated carbocycles. The van der Waals surface area contributed by atoms with Crippen molar-refractivity contribution in [3.8, 4) is 0 Å². The Morgan fingerprint density at radius 2 is 1.33 bits per heavy atom. The first-order chi connectivity index (χ1) is 5.14. The van der Waals surface area contributed by atoms with Crippen molar-refractivity contribution in [3.63, 3.8) is 0 Å². The number of hydrogen-bond donors (Lipinski definition) is 1. The molecule has 0 radical (unpaired) electrons. The Labute approximate surface area is 61.8 Å². The standard InChI is InChI=1S/C4HF5O3/c5-1(10)3(6,7)4(8,9)2(11)12/h(H,11,12). The van der Waals surface area contributed by atoms with E-state index in [1.165, 1.54) is 0 Å². The van der Waals surface area contributed by atoms with Gasteiger partial charge in [-0.1, -0.05) is 0 Å². The van der Waals surface area contributed by atoms with Crippen LogP contribution in [-0.4, -0.2) is 29.0 Å². The van der Waals surface area contributed by atoms with Gasteiger partial charge in [0, 0.05) is 0 Å². The van der Waals surface area contributed by atoms with Gasteiger partial charge in [-0.05, 0) is 0 Å². The molecule has 0 rings (SSSR count). The fourth-order valence-corrected chi connectivity index (χ4v) is 0.258. The second-order valence-electron chi connectivity index (χ2n) is 1.73. The number of carbonyl (C=O) groups excluding carboxylic acids is 1. The molecule has 0 atom stereocenters. The van der Waals surface area contributed by atoms with Gasteiger partial charge in [-0.3, -0.25) is 4.79 Å². The third kappa shape index (κ3) is 1.36. The Morgan fingerprint density at radius 3 is 1.42 bits per heavy atom. The van der Waals surface area contributed by atoms with E-state index >= 15 is 0 Å². The molecule has 0 fully saturated rings. The quantitative estimate of drug-likeness (QED) is 0.532. The molecule has 0 heterocycles. The summed E-state index contributed by atoms with van der Waals surface area (Å²) < 4.78 is 58.2. The van der Waals surface area contributed by atoms with E-state index in [0.717, 1.165) is 0 Å². The third-order valence-electron chi connectivity index (χ3n) is 0.910. The Bertz CT molecular complexity index is 199. The van der Waals surface area contributed by atoms with Crippen LogP contribution in [0.5, 0.6) is 0 Å². The molecule has 1 N–H and O–H groups in total. The molecule has 0 aliphatic rings. The van der Waals surface area contributed by atoms with Crippen LogP contribution in [0.15, 0.2) is 0 Å². The molecule has 3 nitrogen and oxygen atoms in total. The lowest BCUT2D eigenvalue weighted by atomic mass is 10.2. The number of rotatable bonds is 3. The van der Waals surface area contributed by atoms with Gasteiger partial charge in [0.15, 0.2) is 0 Å². The molecule has 12 heavy (non-hydrogen) atoms. The van der Waals surface area contributed by atoms with Crippen molar-refractivity contribution in [3.05, 3.63) is 0 Å². The molecule has 0 saturated heterocycles. The summed E-state index contributed by atoms with van der Waals surface area (Å²) in [6.07, 6.45) is 0. The highest BCUT2D eigenvalue weighted by atomic mass is 19.3. The highest BCUT2D eigenvalue weighted by Gasteiger charge is 2.68. The molecule has 0 unspecified atom stereocenters. The second kappa shape index (κ2) is 2.68. The van der Waals surface area contributed by atoms with Gasteiger partial charge in [-0.25, -0.2) is 4.79 Å². The van der Waals surface area contributed by atoms with Gasteiger partial charge in [0.2, 0.25) is 0 Å². The molecule has 0 bridgehead atoms. The maximum absolute atomic E-state index is 11.8. The first kappa shape index (κ1) is 10.8. The predicted molar refractivity (Wildman–Crippen MR) is 23.6 cm³/mol. The maximum Gasteiger partial charge on any atom is 0.414 e. The molecule has 70 valence electrons. The Morgan fingerprint density at radius 1 is 1.00 bits per heavy atom. The highest BCUT2D eigenvalue weighted by molar-refractivity contribution is 5.88. The third-order valence-corrected chi connectivity index (χ3v) is 0.910. The number of carboxylic acid groups (broad SMARTS) is 1. The van der Waals surface area contributed by atoms with Crippen molar-refractivity contribution in [2.45, 2.75) is 11.8 Å². The largest absolute Gasteiger partial charge is 0.477 e. The lowest BCUT2D eigenvalue weighted by Crippen LogP contribution is -2.51. The lowest BCUT2D eigenvalue weighted by Gasteiger charge is -2.17. The molecule has 8 heteroatoms. The van der Waals surface area contributed by atoms with Gasteiger partial charge >= 0.3 is 23.9 Å². The van der Waals surface area contributed by atoms with Crippen molar-refractivity contribution in [2.75, 3.05) is 0 Å². The summed E-state index contributed by atoms with van der Waals surface area (Å²) in [4.78, 5) is 18.7. The minimum absolute atomic E-state index is 3.27. The molecule has 0 spiro atoms. The van der Waals surface area contributed by atoms with Crippen LogP contribution in [0.3, 0.4) is 0 Å². The van der Waals surface area contributed by atoms with Crippen LogP contribution in [0, 0.1) is 0 Å². The molecule has 0 aliphatic carbocycles. The van der Waals surface area contributed by atoms with E-state index in [1.54, 1.807) is 0 Å². The summed E-state index contributed by atoms with van der Waals surface area (Å²) in [6.45, 7) is 0. The van der Waals surface area contributed by atoms with Crippen molar-refractivity contribution in [1.29, 1.82) is 0 Å². The average Bonchev–Trinajstić information content (AvgIpc) is 1.86. The smallest absolute Gasteiger partial charge is 0.414 e. The average molecular weight is 192 g/mol. The summed E-state index contributed by atoms with van der Waals surface area (Å²) >= 11 is 0. The van der Waals surface area contributed by atoms with E-state index in [9.17, 15) is 31.5 Å². The van der Waals surface area contributed by atoms with E-state index in [2.05, 4.69) is 0 Å². The van der Waals surface area contributed by atoms with Gasteiger partial charge < -0.3 is 5.11 Å². The van der Waals surface area contributed by atoms with Crippen LogP contribution in [0.4, 0.5) is 22.0 Å². The number of alkyl halides is 4. The van der Waals surface area contributed by atoms with Crippen LogP contribution >= 0.6 is 0 Å². The highest BCUT2D eigenvalue weighted by Crippen LogP contribution is 2.35. The van der Waals surface area contributed by atoms with E-state index in [-0.39, 0.29) is 0 Å². The number of hydrogen-bond acceptors (Lipinski definition) is 2. The molecule has 0 aliphatic heterocycles. The zero-order valence-electron chi connectivity index (χ0n) is 5.15. The summed E-state index contributed by atoms with van der Waals surface area (Å²) in [5, 5.41) is 7.48. The van der Waals surface area contributed by atoms with Crippen LogP contribution in [0.1, 0.15) is 0 Å². The van der Waals surface area contributed by atoms with E-state index < -0.39 is 23.9 Å². The van der Waals surface area contributed by atoms with Crippen molar-refractivity contribution in [2.24, 2.45) is 0 Å². The van der Waals surface area contributed by atoms with Crippen LogP contribution in [0.25, 0.3) is 0 Å². The predicted octanol–water partition coefficient (Wildman–Crippen LogP) is 0.838. The summed E-state index contributed by atoms with van der Waals surface area (Å²) in [6, 6.07) is -3.69. The van der Waals surface area contributed by atoms with Crippen molar-refractivity contribution >= 4 is 12.0 Å². The Balaban J connectivity index is 5.01. The second-order valence-corrected chi connectivity index (χ2v) is 1.73. The Kier molecular flexibility index (Phi) is 2.41. The summed E-state index contributed by atoms with van der Waals surface area (Å²) in [5.74, 6) is -14.8. The number of carbonyl (C=O) groups is 2. The molecule has 0 amide bonds. The van der Waals surface area contributed by atoms with E-state index in [0.29, 0.717) is 0 Å². The van der Waals surface area contributed by atoms with Gasteiger partial charge in [-0.2, -0.15) is 22.0 Å². The fraction of sp³-hybridized carbons (Fsp3) is 0.500. The molecular weight excluding hydrogens is 191 g/mol. The van der Waals surface area contributed by atoms with Crippen molar-refractivity contribution < 1.29 is 36.6 Å². The summed E-state index contributed by atoms with van der Waals surface area (Å²) in [7, 11) is 0. The van der Waals surface area contributed by atoms with Gasteiger partial charge in [0.05, 0.1) is 0 Å². The SMILES string of the molecule is O=C(O)C(F)(F)C(F)(F)C(=O)F. The summed E-state index contributed by atoms with van der Waals surface area (Å²) in [5.41, 5.74) is 0. The van der Waals surface area contributed by atoms with E-state index in [4.69, 9.17) is 5.11 Å². The monoisotopic (exact) mass is 192 g/mol. The minimum Gasteiger partial charge on any atom is -0.477 e. The van der Waals surface area contributed by atoms with Gasteiger partial charge in [-0.15, -0.1) is 0 Å². The number of carboxylic acids is 1. The zero-order valence-corrected chi connectivity index (χ0v) is 5.15. The maximum atomic E-state index is 11.8. The number of halogens is 5. The lowest BCUT2D eigenvalue weighted by molar-refractivity contribution is -0.227. The normalized spacial score (nSPS) is 12.8. The first-order valence-electron chi connectivity index (χ1n) is 2.33. The van der Waals surface area contributed by atoms with Crippen molar-refractivity contribution in [1.82, 2.24) is 0 Å². The van der Waals surface area contributed by atoms with Crippen LogP contribution in [0.2, 0.25) is 0 Å². The molecule has 0 aromatic rings. The Hall–Kier alpha value is -1.21. The van der Waals surface area contributed by atoms with Gasteiger partial charge in [0.1, 0.15) is 0 Å². The molecule has 0 aromatic heterocycles. The topological polar surface area (TPSA) is 54.4 Å². The van der Waals surface area contributed by atoms with Gasteiger partial charge in [0.25, 0.3) is 0 Å². The van der Waals surface area contributed by atoms with Crippen LogP contribution in [-0.2, 0) is 9.59 Å². The fourth-order valence-electron chi connectivity index (χ4n) is 0.258. The van der Waals surface area contributed by atoms with Crippen LogP contribution < -0.4 is 0 Å². The molecule has 0 aromatic carbocycles. The number of aliphatic carboxylic acids is 1. The van der Waals surface area contributed by atoms with E-state index in [1.807, 2.05) is 0 Å². The zero-order chi connectivity index (χ0) is 10.2. The minimum atomic E-state index is -5.82. The molecular formula is C4HF5O3. The first-order valence-corrected chi connectivity index (χ1v) is 2.33.